The predicted octanol–water partition coefficient (Wildman–Crippen LogP) is 5.08. The number of aryl methyl sites for hydroxylation is 1. The number of thiophene rings is 1. The van der Waals surface area contributed by atoms with Crippen LogP contribution in [0.2, 0.25) is 0 Å². The first-order valence-electron chi connectivity index (χ1n) is 7.29. The van der Waals surface area contributed by atoms with E-state index in [1.165, 1.54) is 10.4 Å². The Labute approximate surface area is 126 Å². The van der Waals surface area contributed by atoms with Gasteiger partial charge in [0, 0.05) is 9.75 Å². The Balaban J connectivity index is 2.18. The van der Waals surface area contributed by atoms with E-state index in [0.29, 0.717) is 0 Å². The molecule has 2 heteroatoms. The molecular formula is C18H24OS. The van der Waals surface area contributed by atoms with Crippen molar-refractivity contribution >= 4 is 11.3 Å². The Morgan fingerprint density at radius 1 is 1.05 bits per heavy atom. The van der Waals surface area contributed by atoms with Gasteiger partial charge in [-0.2, -0.15) is 0 Å². The molecule has 1 nitrogen and oxygen atoms in total. The molecule has 2 aromatic rings. The van der Waals surface area contributed by atoms with Crippen LogP contribution >= 0.6 is 11.3 Å². The third kappa shape index (κ3) is 3.50. The largest absolute Gasteiger partial charge is 0.383 e. The molecule has 0 aliphatic heterocycles. The summed E-state index contributed by atoms with van der Waals surface area (Å²) in [6.45, 7) is 8.79. The number of hydrogen-bond acceptors (Lipinski definition) is 2. The molecule has 0 bridgehead atoms. The fourth-order valence-corrected chi connectivity index (χ4v) is 3.30. The molecule has 0 radical (unpaired) electrons. The van der Waals surface area contributed by atoms with Crippen LogP contribution in [0.15, 0.2) is 36.4 Å². The minimum atomic E-state index is -0.508. The fourth-order valence-electron chi connectivity index (χ4n) is 2.22. The van der Waals surface area contributed by atoms with Crippen molar-refractivity contribution in [2.45, 2.75) is 52.1 Å². The molecule has 20 heavy (non-hydrogen) atoms. The summed E-state index contributed by atoms with van der Waals surface area (Å²) >= 11 is 1.71. The molecule has 0 fully saturated rings. The topological polar surface area (TPSA) is 20.2 Å². The van der Waals surface area contributed by atoms with Gasteiger partial charge < -0.3 is 5.11 Å². The minimum Gasteiger partial charge on any atom is -0.383 e. The molecule has 1 N–H and O–H groups in total. The van der Waals surface area contributed by atoms with Crippen LogP contribution in [0.25, 0.3) is 0 Å². The van der Waals surface area contributed by atoms with E-state index in [0.717, 1.165) is 23.3 Å². The Hall–Kier alpha value is -1.12. The van der Waals surface area contributed by atoms with E-state index < -0.39 is 6.10 Å². The molecule has 0 aliphatic carbocycles. The summed E-state index contributed by atoms with van der Waals surface area (Å²) in [4.78, 5) is 2.34. The third-order valence-electron chi connectivity index (χ3n) is 3.47. The zero-order chi connectivity index (χ0) is 14.8. The Morgan fingerprint density at radius 2 is 1.70 bits per heavy atom. The molecule has 0 saturated heterocycles. The molecule has 2 rings (SSSR count). The second-order valence-electron chi connectivity index (χ2n) is 6.35. The van der Waals surface area contributed by atoms with Crippen LogP contribution < -0.4 is 0 Å². The third-order valence-corrected chi connectivity index (χ3v) is 5.03. The SMILES string of the molecule is CCCc1ccc(C(O)c2ccc(C(C)(C)C)s2)cc1. The Morgan fingerprint density at radius 3 is 2.20 bits per heavy atom. The number of aliphatic hydroxyl groups excluding tert-OH is 1. The maximum Gasteiger partial charge on any atom is 0.113 e. The molecule has 108 valence electrons. The molecule has 1 unspecified atom stereocenters. The number of benzene rings is 1. The van der Waals surface area contributed by atoms with Crippen molar-refractivity contribution in [3.8, 4) is 0 Å². The van der Waals surface area contributed by atoms with E-state index in [1.807, 2.05) is 12.1 Å². The molecule has 0 amide bonds. The summed E-state index contributed by atoms with van der Waals surface area (Å²) in [5.41, 5.74) is 2.46. The van der Waals surface area contributed by atoms with Crippen LogP contribution in [-0.2, 0) is 11.8 Å². The van der Waals surface area contributed by atoms with Crippen LogP contribution in [0.3, 0.4) is 0 Å². The Bertz CT molecular complexity index is 546. The molecule has 0 saturated carbocycles. The molecule has 1 atom stereocenters. The van der Waals surface area contributed by atoms with Crippen molar-refractivity contribution in [1.29, 1.82) is 0 Å². The second-order valence-corrected chi connectivity index (χ2v) is 7.46. The van der Waals surface area contributed by atoms with E-state index in [9.17, 15) is 5.11 Å². The highest BCUT2D eigenvalue weighted by Gasteiger charge is 2.19. The van der Waals surface area contributed by atoms with Gasteiger partial charge in [-0.3, -0.25) is 0 Å². The van der Waals surface area contributed by atoms with E-state index >= 15 is 0 Å². The first-order chi connectivity index (χ1) is 9.41. The lowest BCUT2D eigenvalue weighted by Gasteiger charge is -2.16. The van der Waals surface area contributed by atoms with E-state index in [2.05, 4.69) is 52.0 Å². The standard InChI is InChI=1S/C18H24OS/c1-5-6-13-7-9-14(10-8-13)17(19)15-11-12-16(20-15)18(2,3)4/h7-12,17,19H,5-6H2,1-4H3. The molecular weight excluding hydrogens is 264 g/mol. The van der Waals surface area contributed by atoms with Gasteiger partial charge in [0.2, 0.25) is 0 Å². The minimum absolute atomic E-state index is 0.146. The van der Waals surface area contributed by atoms with Crippen LogP contribution in [0.1, 0.15) is 61.1 Å². The summed E-state index contributed by atoms with van der Waals surface area (Å²) < 4.78 is 0. The number of rotatable bonds is 4. The lowest BCUT2D eigenvalue weighted by molar-refractivity contribution is 0.224. The quantitative estimate of drug-likeness (QED) is 0.831. The fraction of sp³-hybridized carbons (Fsp3) is 0.444. The maximum atomic E-state index is 10.5. The number of hydrogen-bond donors (Lipinski definition) is 1. The van der Waals surface area contributed by atoms with Crippen LogP contribution in [-0.4, -0.2) is 5.11 Å². The average Bonchev–Trinajstić information content (AvgIpc) is 2.89. The van der Waals surface area contributed by atoms with Gasteiger partial charge in [-0.25, -0.2) is 0 Å². The normalized spacial score (nSPS) is 13.4. The summed E-state index contributed by atoms with van der Waals surface area (Å²) in [7, 11) is 0. The summed E-state index contributed by atoms with van der Waals surface area (Å²) in [5.74, 6) is 0. The van der Waals surface area contributed by atoms with Crippen molar-refractivity contribution in [1.82, 2.24) is 0 Å². The van der Waals surface area contributed by atoms with Gasteiger partial charge in [0.05, 0.1) is 0 Å². The van der Waals surface area contributed by atoms with Gasteiger partial charge in [0.25, 0.3) is 0 Å². The molecule has 0 spiro atoms. The summed E-state index contributed by atoms with van der Waals surface area (Å²) in [6.07, 6.45) is 1.75. The first kappa shape index (κ1) is 15.3. The highest BCUT2D eigenvalue weighted by Crippen LogP contribution is 2.34. The zero-order valence-electron chi connectivity index (χ0n) is 12.8. The average molecular weight is 288 g/mol. The lowest BCUT2D eigenvalue weighted by atomic mass is 9.95. The lowest BCUT2D eigenvalue weighted by Crippen LogP contribution is -2.07. The summed E-state index contributed by atoms with van der Waals surface area (Å²) in [5, 5.41) is 10.5. The van der Waals surface area contributed by atoms with Gasteiger partial charge in [0.1, 0.15) is 6.10 Å². The predicted molar refractivity (Wildman–Crippen MR) is 87.5 cm³/mol. The number of aliphatic hydroxyl groups is 1. The van der Waals surface area contributed by atoms with Gasteiger partial charge >= 0.3 is 0 Å². The highest BCUT2D eigenvalue weighted by molar-refractivity contribution is 7.12. The van der Waals surface area contributed by atoms with Crippen molar-refractivity contribution in [2.24, 2.45) is 0 Å². The molecule has 0 aliphatic rings. The highest BCUT2D eigenvalue weighted by atomic mass is 32.1. The molecule has 1 heterocycles. The molecule has 1 aromatic carbocycles. The van der Waals surface area contributed by atoms with Crippen molar-refractivity contribution < 1.29 is 5.11 Å². The molecule has 1 aromatic heterocycles. The van der Waals surface area contributed by atoms with Crippen molar-refractivity contribution in [2.75, 3.05) is 0 Å². The van der Waals surface area contributed by atoms with Crippen LogP contribution in [0.5, 0.6) is 0 Å². The smallest absolute Gasteiger partial charge is 0.113 e. The second kappa shape index (κ2) is 6.11. The first-order valence-corrected chi connectivity index (χ1v) is 8.10. The zero-order valence-corrected chi connectivity index (χ0v) is 13.6. The van der Waals surface area contributed by atoms with Crippen LogP contribution in [0.4, 0.5) is 0 Å². The maximum absolute atomic E-state index is 10.5. The van der Waals surface area contributed by atoms with Gasteiger partial charge in [-0.05, 0) is 35.1 Å². The van der Waals surface area contributed by atoms with Gasteiger partial charge in [0.15, 0.2) is 0 Å². The van der Waals surface area contributed by atoms with Crippen LogP contribution in [0, 0.1) is 0 Å². The van der Waals surface area contributed by atoms with Gasteiger partial charge in [-0.1, -0.05) is 58.4 Å². The van der Waals surface area contributed by atoms with Gasteiger partial charge in [-0.15, -0.1) is 11.3 Å². The van der Waals surface area contributed by atoms with Crippen molar-refractivity contribution in [3.63, 3.8) is 0 Å². The Kier molecular flexibility index (Phi) is 4.66. The monoisotopic (exact) mass is 288 g/mol. The van der Waals surface area contributed by atoms with E-state index in [-0.39, 0.29) is 5.41 Å². The van der Waals surface area contributed by atoms with E-state index in [1.54, 1.807) is 11.3 Å². The van der Waals surface area contributed by atoms with E-state index in [4.69, 9.17) is 0 Å². The van der Waals surface area contributed by atoms with Crippen molar-refractivity contribution in [3.05, 3.63) is 57.3 Å². The summed E-state index contributed by atoms with van der Waals surface area (Å²) in [6, 6.07) is 12.5.